The number of benzene rings is 2. The van der Waals surface area contributed by atoms with Gasteiger partial charge in [0.1, 0.15) is 23.1 Å². The van der Waals surface area contributed by atoms with E-state index < -0.39 is 39.2 Å². The lowest BCUT2D eigenvalue weighted by atomic mass is 9.81. The minimum atomic E-state index is -3.43. The molecule has 0 saturated carbocycles. The van der Waals surface area contributed by atoms with E-state index in [4.69, 9.17) is 10.5 Å². The molecule has 0 radical (unpaired) electrons. The first kappa shape index (κ1) is 20.4. The highest BCUT2D eigenvalue weighted by Crippen LogP contribution is 2.34. The van der Waals surface area contributed by atoms with Crippen molar-refractivity contribution in [1.29, 1.82) is 0 Å². The third kappa shape index (κ3) is 4.39. The van der Waals surface area contributed by atoms with Gasteiger partial charge in [-0.05, 0) is 42.2 Å². The lowest BCUT2D eigenvalue weighted by Crippen LogP contribution is -2.33. The van der Waals surface area contributed by atoms with Crippen LogP contribution in [0.5, 0.6) is 5.75 Å². The molecule has 2 aromatic carbocycles. The van der Waals surface area contributed by atoms with Crippen LogP contribution in [0, 0.1) is 17.5 Å². The van der Waals surface area contributed by atoms with Crippen molar-refractivity contribution in [2.45, 2.75) is 29.7 Å². The maximum atomic E-state index is 14.0. The zero-order valence-electron chi connectivity index (χ0n) is 15.2. The molecule has 2 atom stereocenters. The number of hydrogen-bond acceptors (Lipinski definition) is 4. The van der Waals surface area contributed by atoms with Gasteiger partial charge in [-0.3, -0.25) is 0 Å². The van der Waals surface area contributed by atoms with E-state index in [1.165, 1.54) is 6.07 Å². The molecule has 0 fully saturated rings. The SMILES string of the molecule is CS(=O)(=O)c1ccccc1OCC1=CCC(c2cc(F)c(F)cc2F)C(N)C1. The van der Waals surface area contributed by atoms with Crippen molar-refractivity contribution in [3.05, 3.63) is 71.1 Å². The highest BCUT2D eigenvalue weighted by Gasteiger charge is 2.28. The first-order valence-electron chi connectivity index (χ1n) is 8.66. The molecule has 1 aliphatic rings. The minimum Gasteiger partial charge on any atom is -0.488 e. The molecule has 0 saturated heterocycles. The molecule has 2 N–H and O–H groups in total. The Morgan fingerprint density at radius 2 is 1.79 bits per heavy atom. The fraction of sp³-hybridized carbons (Fsp3) is 0.300. The second kappa shape index (κ2) is 7.97. The molecule has 2 aromatic rings. The van der Waals surface area contributed by atoms with E-state index in [0.717, 1.165) is 17.9 Å². The molecule has 0 spiro atoms. The summed E-state index contributed by atoms with van der Waals surface area (Å²) < 4.78 is 70.0. The Kier molecular flexibility index (Phi) is 5.81. The van der Waals surface area contributed by atoms with Crippen LogP contribution >= 0.6 is 0 Å². The second-order valence-electron chi connectivity index (χ2n) is 6.87. The lowest BCUT2D eigenvalue weighted by molar-refractivity contribution is 0.327. The van der Waals surface area contributed by atoms with Gasteiger partial charge in [0.15, 0.2) is 21.5 Å². The van der Waals surface area contributed by atoms with Gasteiger partial charge in [0, 0.05) is 24.3 Å². The molecule has 0 aromatic heterocycles. The first-order valence-corrected chi connectivity index (χ1v) is 10.6. The van der Waals surface area contributed by atoms with Crippen molar-refractivity contribution in [2.24, 2.45) is 5.73 Å². The Labute approximate surface area is 161 Å². The number of sulfone groups is 1. The molecule has 1 aliphatic carbocycles. The van der Waals surface area contributed by atoms with Crippen LogP contribution in [0.1, 0.15) is 24.3 Å². The van der Waals surface area contributed by atoms with Crippen molar-refractivity contribution in [2.75, 3.05) is 12.9 Å². The number of allylic oxidation sites excluding steroid dienone is 1. The van der Waals surface area contributed by atoms with E-state index in [-0.39, 0.29) is 22.8 Å². The van der Waals surface area contributed by atoms with Crippen molar-refractivity contribution < 1.29 is 26.3 Å². The average Bonchev–Trinajstić information content (AvgIpc) is 2.63. The van der Waals surface area contributed by atoms with Gasteiger partial charge >= 0.3 is 0 Å². The minimum absolute atomic E-state index is 0.0463. The van der Waals surface area contributed by atoms with Gasteiger partial charge in [-0.25, -0.2) is 21.6 Å². The number of para-hydroxylation sites is 1. The molecule has 0 bridgehead atoms. The van der Waals surface area contributed by atoms with E-state index in [1.54, 1.807) is 18.2 Å². The largest absolute Gasteiger partial charge is 0.488 e. The molecule has 28 heavy (non-hydrogen) atoms. The number of hydrogen-bond donors (Lipinski definition) is 1. The van der Waals surface area contributed by atoms with Gasteiger partial charge in [-0.1, -0.05) is 18.2 Å². The fourth-order valence-corrected chi connectivity index (χ4v) is 4.16. The van der Waals surface area contributed by atoms with Crippen molar-refractivity contribution >= 4 is 9.84 Å². The third-order valence-corrected chi connectivity index (χ3v) is 5.91. The summed E-state index contributed by atoms with van der Waals surface area (Å²) in [5.74, 6) is -3.41. The van der Waals surface area contributed by atoms with Crippen LogP contribution < -0.4 is 10.5 Å². The van der Waals surface area contributed by atoms with Crippen LogP contribution in [0.3, 0.4) is 0 Å². The molecule has 3 rings (SSSR count). The van der Waals surface area contributed by atoms with Crippen LogP contribution in [0.25, 0.3) is 0 Å². The summed E-state index contributed by atoms with van der Waals surface area (Å²) in [6.45, 7) is 0.132. The molecular formula is C20H20F3NO3S. The second-order valence-corrected chi connectivity index (χ2v) is 8.85. The van der Waals surface area contributed by atoms with Crippen molar-refractivity contribution in [3.8, 4) is 5.75 Å². The number of halogens is 3. The Bertz CT molecular complexity index is 1020. The molecule has 0 amide bonds. The Hall–Kier alpha value is -2.32. The molecule has 2 unspecified atom stereocenters. The maximum Gasteiger partial charge on any atom is 0.179 e. The zero-order chi connectivity index (χ0) is 20.5. The number of rotatable bonds is 5. The third-order valence-electron chi connectivity index (χ3n) is 4.78. The summed E-state index contributed by atoms with van der Waals surface area (Å²) in [5, 5.41) is 0. The Balaban J connectivity index is 1.74. The molecule has 150 valence electrons. The first-order chi connectivity index (χ1) is 13.2. The smallest absolute Gasteiger partial charge is 0.179 e. The molecule has 4 nitrogen and oxygen atoms in total. The van der Waals surface area contributed by atoms with Crippen molar-refractivity contribution in [3.63, 3.8) is 0 Å². The fourth-order valence-electron chi connectivity index (χ4n) is 3.34. The molecule has 0 heterocycles. The van der Waals surface area contributed by atoms with Gasteiger partial charge in [-0.15, -0.1) is 0 Å². The van der Waals surface area contributed by atoms with E-state index in [2.05, 4.69) is 0 Å². The summed E-state index contributed by atoms with van der Waals surface area (Å²) >= 11 is 0. The molecule has 0 aliphatic heterocycles. The van der Waals surface area contributed by atoms with Crippen molar-refractivity contribution in [1.82, 2.24) is 0 Å². The van der Waals surface area contributed by atoms with E-state index in [0.29, 0.717) is 18.9 Å². The number of nitrogens with two attached hydrogens (primary N) is 1. The summed E-state index contributed by atoms with van der Waals surface area (Å²) in [6, 6.07) is 7.20. The maximum absolute atomic E-state index is 14.0. The predicted octanol–water partition coefficient (Wildman–Crippen LogP) is 3.72. The molecular weight excluding hydrogens is 391 g/mol. The van der Waals surface area contributed by atoms with E-state index >= 15 is 0 Å². The van der Waals surface area contributed by atoms with Gasteiger partial charge in [0.2, 0.25) is 0 Å². The van der Waals surface area contributed by atoms with Crippen LogP contribution in [0.2, 0.25) is 0 Å². The zero-order valence-corrected chi connectivity index (χ0v) is 16.0. The monoisotopic (exact) mass is 411 g/mol. The van der Waals surface area contributed by atoms with Gasteiger partial charge in [-0.2, -0.15) is 0 Å². The standard InChI is InChI=1S/C20H20F3NO3S/c1-28(25,26)20-5-3-2-4-19(20)27-11-12-6-7-13(18(24)8-12)14-9-16(22)17(23)10-15(14)21/h2-6,9-10,13,18H,7-8,11,24H2,1H3. The van der Waals surface area contributed by atoms with Crippen LogP contribution in [-0.4, -0.2) is 27.3 Å². The van der Waals surface area contributed by atoms with E-state index in [9.17, 15) is 21.6 Å². The van der Waals surface area contributed by atoms with Gasteiger partial charge < -0.3 is 10.5 Å². The van der Waals surface area contributed by atoms with E-state index in [1.807, 2.05) is 6.08 Å². The average molecular weight is 411 g/mol. The summed E-state index contributed by atoms with van der Waals surface area (Å²) in [7, 11) is -3.43. The quantitative estimate of drug-likeness (QED) is 0.602. The summed E-state index contributed by atoms with van der Waals surface area (Å²) in [4.78, 5) is 0.0949. The summed E-state index contributed by atoms with van der Waals surface area (Å²) in [5.41, 5.74) is 7.03. The topological polar surface area (TPSA) is 69.4 Å². The summed E-state index contributed by atoms with van der Waals surface area (Å²) in [6.07, 6.45) is 3.63. The van der Waals surface area contributed by atoms with Gasteiger partial charge in [0.25, 0.3) is 0 Å². The van der Waals surface area contributed by atoms with Gasteiger partial charge in [0.05, 0.1) is 0 Å². The Morgan fingerprint density at radius 3 is 2.46 bits per heavy atom. The molecule has 8 heteroatoms. The van der Waals surface area contributed by atoms with Crippen LogP contribution in [-0.2, 0) is 9.84 Å². The highest BCUT2D eigenvalue weighted by atomic mass is 32.2. The van der Waals surface area contributed by atoms with Crippen LogP contribution in [0.15, 0.2) is 52.9 Å². The normalized spacial score (nSPS) is 20.0. The highest BCUT2D eigenvalue weighted by molar-refractivity contribution is 7.90. The lowest BCUT2D eigenvalue weighted by Gasteiger charge is -2.29. The Morgan fingerprint density at radius 1 is 1.11 bits per heavy atom. The number of ether oxygens (including phenoxy) is 1. The van der Waals surface area contributed by atoms with Crippen LogP contribution in [0.4, 0.5) is 13.2 Å². The predicted molar refractivity (Wildman–Crippen MR) is 99.4 cm³/mol.